The van der Waals surface area contributed by atoms with E-state index in [0.29, 0.717) is 17.3 Å². The molecular formula is C18H18N6O. The Balaban J connectivity index is 1.62. The molecule has 0 saturated heterocycles. The summed E-state index contributed by atoms with van der Waals surface area (Å²) in [5.74, 6) is 1.21. The van der Waals surface area contributed by atoms with Crippen molar-refractivity contribution < 1.29 is 5.11 Å². The maximum Gasteiger partial charge on any atom is 0.224 e. The molecule has 0 spiro atoms. The van der Waals surface area contributed by atoms with E-state index in [4.69, 9.17) is 5.26 Å². The predicted molar refractivity (Wildman–Crippen MR) is 93.3 cm³/mol. The van der Waals surface area contributed by atoms with Gasteiger partial charge in [0, 0.05) is 23.7 Å². The SMILES string of the molecule is N#Cc1ccc2cnn(-c3ccnc(NC4CCC(O)CC4)n3)c2c1. The fourth-order valence-corrected chi connectivity index (χ4v) is 3.21. The van der Waals surface area contributed by atoms with Crippen LogP contribution in [0.25, 0.3) is 16.7 Å². The molecule has 1 saturated carbocycles. The molecule has 2 N–H and O–H groups in total. The van der Waals surface area contributed by atoms with Gasteiger partial charge in [0.2, 0.25) is 5.95 Å². The van der Waals surface area contributed by atoms with Gasteiger partial charge in [0.05, 0.1) is 29.5 Å². The molecular weight excluding hydrogens is 316 g/mol. The second-order valence-corrected chi connectivity index (χ2v) is 6.33. The van der Waals surface area contributed by atoms with Gasteiger partial charge in [-0.1, -0.05) is 0 Å². The lowest BCUT2D eigenvalue weighted by Crippen LogP contribution is -2.29. The average Bonchev–Trinajstić information content (AvgIpc) is 3.07. The molecule has 0 atom stereocenters. The Labute approximate surface area is 145 Å². The van der Waals surface area contributed by atoms with Gasteiger partial charge in [-0.25, -0.2) is 9.67 Å². The summed E-state index contributed by atoms with van der Waals surface area (Å²) in [5, 5.41) is 27.4. The van der Waals surface area contributed by atoms with E-state index in [1.807, 2.05) is 6.07 Å². The number of fused-ring (bicyclic) bond motifs is 1. The monoisotopic (exact) mass is 334 g/mol. The van der Waals surface area contributed by atoms with Crippen LogP contribution in [-0.4, -0.2) is 37.0 Å². The summed E-state index contributed by atoms with van der Waals surface area (Å²) in [7, 11) is 0. The van der Waals surface area contributed by atoms with Crippen LogP contribution in [0.1, 0.15) is 31.2 Å². The smallest absolute Gasteiger partial charge is 0.224 e. The molecule has 25 heavy (non-hydrogen) atoms. The highest BCUT2D eigenvalue weighted by molar-refractivity contribution is 5.81. The zero-order valence-electron chi connectivity index (χ0n) is 13.6. The van der Waals surface area contributed by atoms with Crippen LogP contribution in [0.5, 0.6) is 0 Å². The summed E-state index contributed by atoms with van der Waals surface area (Å²) in [6, 6.07) is 9.68. The number of rotatable bonds is 3. The van der Waals surface area contributed by atoms with Crippen molar-refractivity contribution in [2.24, 2.45) is 0 Å². The van der Waals surface area contributed by atoms with E-state index in [1.165, 1.54) is 0 Å². The molecule has 1 aliphatic carbocycles. The molecule has 3 aromatic rings. The Morgan fingerprint density at radius 1 is 1.20 bits per heavy atom. The summed E-state index contributed by atoms with van der Waals surface area (Å²) in [4.78, 5) is 8.86. The van der Waals surface area contributed by atoms with Crippen LogP contribution in [0.15, 0.2) is 36.7 Å². The summed E-state index contributed by atoms with van der Waals surface area (Å²) in [6.45, 7) is 0. The first-order valence-electron chi connectivity index (χ1n) is 8.39. The molecule has 4 rings (SSSR count). The van der Waals surface area contributed by atoms with Gasteiger partial charge in [0.25, 0.3) is 0 Å². The maximum atomic E-state index is 9.61. The minimum Gasteiger partial charge on any atom is -0.393 e. The number of aliphatic hydroxyl groups excluding tert-OH is 1. The lowest BCUT2D eigenvalue weighted by atomic mass is 9.93. The van der Waals surface area contributed by atoms with Gasteiger partial charge in [-0.3, -0.25) is 0 Å². The summed E-state index contributed by atoms with van der Waals surface area (Å²) in [5.41, 5.74) is 1.42. The van der Waals surface area contributed by atoms with E-state index in [1.54, 1.807) is 35.3 Å². The molecule has 1 aliphatic rings. The topological polar surface area (TPSA) is 99.7 Å². The van der Waals surface area contributed by atoms with E-state index in [0.717, 1.165) is 36.6 Å². The van der Waals surface area contributed by atoms with Crippen molar-refractivity contribution in [3.63, 3.8) is 0 Å². The number of anilines is 1. The summed E-state index contributed by atoms with van der Waals surface area (Å²) in [6.07, 6.45) is 6.69. The molecule has 7 heteroatoms. The lowest BCUT2D eigenvalue weighted by Gasteiger charge is -2.26. The van der Waals surface area contributed by atoms with Crippen molar-refractivity contribution in [2.75, 3.05) is 5.32 Å². The van der Waals surface area contributed by atoms with Gasteiger partial charge < -0.3 is 10.4 Å². The summed E-state index contributed by atoms with van der Waals surface area (Å²) >= 11 is 0. The zero-order chi connectivity index (χ0) is 17.2. The Morgan fingerprint density at radius 2 is 2.04 bits per heavy atom. The van der Waals surface area contributed by atoms with E-state index >= 15 is 0 Å². The molecule has 0 aliphatic heterocycles. The van der Waals surface area contributed by atoms with E-state index in [2.05, 4.69) is 26.5 Å². The van der Waals surface area contributed by atoms with Crippen molar-refractivity contribution in [1.82, 2.24) is 19.7 Å². The number of benzene rings is 1. The normalized spacial score (nSPS) is 20.3. The first-order chi connectivity index (χ1) is 12.2. The van der Waals surface area contributed by atoms with Gasteiger partial charge in [-0.2, -0.15) is 15.3 Å². The molecule has 2 heterocycles. The fraction of sp³-hybridized carbons (Fsp3) is 0.333. The fourth-order valence-electron chi connectivity index (χ4n) is 3.21. The average molecular weight is 334 g/mol. The van der Waals surface area contributed by atoms with Gasteiger partial charge in [-0.05, 0) is 43.9 Å². The Morgan fingerprint density at radius 3 is 2.84 bits per heavy atom. The number of nitrogens with one attached hydrogen (secondary N) is 1. The molecule has 2 aromatic heterocycles. The van der Waals surface area contributed by atoms with Crippen molar-refractivity contribution in [1.29, 1.82) is 5.26 Å². The van der Waals surface area contributed by atoms with Crippen LogP contribution in [0, 0.1) is 11.3 Å². The van der Waals surface area contributed by atoms with Crippen LogP contribution >= 0.6 is 0 Å². The number of aromatic nitrogens is 4. The van der Waals surface area contributed by atoms with Gasteiger partial charge in [-0.15, -0.1) is 0 Å². The Hall–Kier alpha value is -2.98. The molecule has 0 bridgehead atoms. The predicted octanol–water partition coefficient (Wildman–Crippen LogP) is 2.40. The van der Waals surface area contributed by atoms with E-state index < -0.39 is 0 Å². The molecule has 7 nitrogen and oxygen atoms in total. The van der Waals surface area contributed by atoms with Crippen molar-refractivity contribution >= 4 is 16.9 Å². The Bertz CT molecular complexity index is 936. The lowest BCUT2D eigenvalue weighted by molar-refractivity contribution is 0.126. The van der Waals surface area contributed by atoms with Crippen LogP contribution in [-0.2, 0) is 0 Å². The zero-order valence-corrected chi connectivity index (χ0v) is 13.6. The van der Waals surface area contributed by atoms with Crippen molar-refractivity contribution in [3.8, 4) is 11.9 Å². The van der Waals surface area contributed by atoms with Crippen LogP contribution in [0.4, 0.5) is 5.95 Å². The second kappa shape index (κ2) is 6.49. The Kier molecular flexibility index (Phi) is 4.04. The highest BCUT2D eigenvalue weighted by Gasteiger charge is 2.20. The quantitative estimate of drug-likeness (QED) is 0.763. The largest absolute Gasteiger partial charge is 0.393 e. The van der Waals surface area contributed by atoms with Crippen LogP contribution < -0.4 is 5.32 Å². The van der Waals surface area contributed by atoms with E-state index in [9.17, 15) is 5.11 Å². The molecule has 0 unspecified atom stereocenters. The first-order valence-corrected chi connectivity index (χ1v) is 8.39. The minimum absolute atomic E-state index is 0.185. The molecule has 0 radical (unpaired) electrons. The highest BCUT2D eigenvalue weighted by atomic mass is 16.3. The second-order valence-electron chi connectivity index (χ2n) is 6.33. The van der Waals surface area contributed by atoms with Crippen LogP contribution in [0.3, 0.4) is 0 Å². The third-order valence-electron chi connectivity index (χ3n) is 4.59. The minimum atomic E-state index is -0.185. The third-order valence-corrected chi connectivity index (χ3v) is 4.59. The van der Waals surface area contributed by atoms with Gasteiger partial charge in [0.15, 0.2) is 5.82 Å². The molecule has 0 amide bonds. The number of aliphatic hydroxyl groups is 1. The van der Waals surface area contributed by atoms with Crippen LogP contribution in [0.2, 0.25) is 0 Å². The van der Waals surface area contributed by atoms with Crippen molar-refractivity contribution in [3.05, 3.63) is 42.2 Å². The van der Waals surface area contributed by atoms with Crippen molar-refractivity contribution in [2.45, 2.75) is 37.8 Å². The maximum absolute atomic E-state index is 9.61. The molecule has 1 aromatic carbocycles. The van der Waals surface area contributed by atoms with Gasteiger partial charge >= 0.3 is 0 Å². The highest BCUT2D eigenvalue weighted by Crippen LogP contribution is 2.22. The molecule has 1 fully saturated rings. The molecule has 126 valence electrons. The number of hydrogen-bond acceptors (Lipinski definition) is 6. The van der Waals surface area contributed by atoms with E-state index in [-0.39, 0.29) is 12.1 Å². The third kappa shape index (κ3) is 3.16. The summed E-state index contributed by atoms with van der Waals surface area (Å²) < 4.78 is 1.72. The number of nitrogens with zero attached hydrogens (tertiary/aromatic N) is 5. The standard InChI is InChI=1S/C18H18N6O/c19-10-12-1-2-13-11-21-24(16(13)9-12)17-7-8-20-18(23-17)22-14-3-5-15(25)6-4-14/h1-2,7-9,11,14-15,25H,3-6H2,(H,20,22,23). The first kappa shape index (κ1) is 15.5. The number of nitriles is 1. The van der Waals surface area contributed by atoms with Gasteiger partial charge in [0.1, 0.15) is 0 Å². The number of hydrogen-bond donors (Lipinski definition) is 2.